The van der Waals surface area contributed by atoms with Crippen molar-refractivity contribution in [3.8, 4) is 0 Å². The lowest BCUT2D eigenvalue weighted by Gasteiger charge is -2.18. The Bertz CT molecular complexity index is 1480. The Morgan fingerprint density at radius 2 is 1.03 bits per heavy atom. The maximum absolute atomic E-state index is 14.3. The molecule has 0 aliphatic rings. The van der Waals surface area contributed by atoms with Crippen molar-refractivity contribution < 1.29 is 14.2 Å². The van der Waals surface area contributed by atoms with Crippen molar-refractivity contribution >= 4 is 30.0 Å². The first-order chi connectivity index (χ1) is 17.1. The van der Waals surface area contributed by atoms with E-state index >= 15 is 0 Å². The molecule has 4 aromatic carbocycles. The van der Waals surface area contributed by atoms with Crippen LogP contribution in [0, 0.1) is 41.5 Å². The minimum atomic E-state index is -2.55. The molecule has 0 aliphatic heterocycles. The third-order valence-electron chi connectivity index (χ3n) is 6.62. The molecular formula is C32H31O3P. The number of aryl methyl sites for hydroxylation is 6. The number of carbonyl (C=O) groups is 2. The number of hydrogen-bond acceptors (Lipinski definition) is 3. The highest BCUT2D eigenvalue weighted by Crippen LogP contribution is 2.30. The number of hydrogen-bond donors (Lipinski definition) is 0. The van der Waals surface area contributed by atoms with E-state index in [1.807, 2.05) is 84.0 Å². The summed E-state index contributed by atoms with van der Waals surface area (Å²) in [5.41, 5.74) is 7.22. The summed E-state index contributed by atoms with van der Waals surface area (Å²) in [5.74, 6) is -0.485. The molecule has 0 N–H and O–H groups in total. The van der Waals surface area contributed by atoms with Gasteiger partial charge in [-0.2, -0.15) is 0 Å². The fourth-order valence-corrected chi connectivity index (χ4v) is 6.79. The summed E-state index contributed by atoms with van der Waals surface area (Å²) >= 11 is 0. The van der Waals surface area contributed by atoms with Crippen molar-refractivity contribution in [2.45, 2.75) is 41.5 Å². The van der Waals surface area contributed by atoms with Gasteiger partial charge < -0.3 is 4.57 Å². The van der Waals surface area contributed by atoms with Gasteiger partial charge in [0.25, 0.3) is 0 Å². The highest BCUT2D eigenvalue weighted by atomic mass is 31.1. The van der Waals surface area contributed by atoms with Crippen LogP contribution in [0.15, 0.2) is 72.8 Å². The zero-order valence-electron chi connectivity index (χ0n) is 21.7. The lowest BCUT2D eigenvalue weighted by Crippen LogP contribution is -2.23. The predicted octanol–water partition coefficient (Wildman–Crippen LogP) is 6.51. The lowest BCUT2D eigenvalue weighted by molar-refractivity contribution is 0.100. The monoisotopic (exact) mass is 494 g/mol. The second-order valence-corrected chi connectivity index (χ2v) is 11.4. The van der Waals surface area contributed by atoms with Crippen LogP contribution < -0.4 is 10.6 Å². The molecule has 0 saturated heterocycles. The molecule has 0 amide bonds. The Labute approximate surface area is 214 Å². The molecule has 0 radical (unpaired) electrons. The summed E-state index contributed by atoms with van der Waals surface area (Å²) < 4.78 is 13.8. The molecule has 0 aromatic heterocycles. The van der Waals surface area contributed by atoms with E-state index in [4.69, 9.17) is 0 Å². The van der Waals surface area contributed by atoms with Gasteiger partial charge in [0.2, 0.25) is 0 Å². The SMILES string of the molecule is Cc1cc(C)c(C(=O)c2cccc([PH](=O)c3ccccc3)c2C(=O)c2c(C)cc(C)cc2C)c(C)c1. The molecule has 0 bridgehead atoms. The van der Waals surface area contributed by atoms with Gasteiger partial charge in [-0.15, -0.1) is 0 Å². The fraction of sp³-hybridized carbons (Fsp3) is 0.188. The molecule has 1 atom stereocenters. The van der Waals surface area contributed by atoms with Crippen LogP contribution in [0.3, 0.4) is 0 Å². The summed E-state index contributed by atoms with van der Waals surface area (Å²) in [6, 6.07) is 22.2. The maximum atomic E-state index is 14.3. The third-order valence-corrected chi connectivity index (χ3v) is 8.39. The van der Waals surface area contributed by atoms with Gasteiger partial charge >= 0.3 is 0 Å². The third kappa shape index (κ3) is 4.76. The van der Waals surface area contributed by atoms with Crippen molar-refractivity contribution in [1.29, 1.82) is 0 Å². The first kappa shape index (κ1) is 25.5. The second kappa shape index (κ2) is 10.2. The largest absolute Gasteiger partial charge is 0.317 e. The molecule has 3 nitrogen and oxygen atoms in total. The first-order valence-corrected chi connectivity index (χ1v) is 13.5. The lowest BCUT2D eigenvalue weighted by atomic mass is 9.87. The van der Waals surface area contributed by atoms with Gasteiger partial charge in [0, 0.05) is 32.9 Å². The van der Waals surface area contributed by atoms with E-state index in [0.29, 0.717) is 27.3 Å². The summed E-state index contributed by atoms with van der Waals surface area (Å²) in [5, 5.41) is 1.07. The molecule has 36 heavy (non-hydrogen) atoms. The van der Waals surface area contributed by atoms with Gasteiger partial charge in [0.15, 0.2) is 11.6 Å². The number of ketones is 2. The van der Waals surface area contributed by atoms with E-state index in [-0.39, 0.29) is 17.1 Å². The van der Waals surface area contributed by atoms with E-state index in [1.54, 1.807) is 30.3 Å². The van der Waals surface area contributed by atoms with E-state index in [2.05, 4.69) is 0 Å². The minimum Gasteiger partial charge on any atom is -0.317 e. The Morgan fingerprint density at radius 1 is 0.556 bits per heavy atom. The van der Waals surface area contributed by atoms with Crippen molar-refractivity contribution in [3.05, 3.63) is 128 Å². The molecular weight excluding hydrogens is 463 g/mol. The van der Waals surface area contributed by atoms with Gasteiger partial charge in [-0.05, 0) is 63.8 Å². The minimum absolute atomic E-state index is 0.222. The normalized spacial score (nSPS) is 11.8. The Kier molecular flexibility index (Phi) is 7.24. The van der Waals surface area contributed by atoms with Crippen LogP contribution in [0.5, 0.6) is 0 Å². The quantitative estimate of drug-likeness (QED) is 0.227. The highest BCUT2D eigenvalue weighted by molar-refractivity contribution is 7.61. The Hall–Kier alpha value is -3.55. The summed E-state index contributed by atoms with van der Waals surface area (Å²) in [7, 11) is -2.55. The number of rotatable bonds is 6. The average Bonchev–Trinajstić information content (AvgIpc) is 2.82. The summed E-state index contributed by atoms with van der Waals surface area (Å²) in [4.78, 5) is 28.3. The van der Waals surface area contributed by atoms with E-state index in [1.165, 1.54) is 0 Å². The fourth-order valence-electron chi connectivity index (χ4n) is 5.26. The van der Waals surface area contributed by atoms with Crippen LogP contribution >= 0.6 is 7.80 Å². The zero-order chi connectivity index (χ0) is 26.1. The second-order valence-electron chi connectivity index (χ2n) is 9.63. The van der Waals surface area contributed by atoms with Crippen LogP contribution in [0.2, 0.25) is 0 Å². The Balaban J connectivity index is 2.01. The molecule has 0 heterocycles. The molecule has 0 spiro atoms. The molecule has 4 aromatic rings. The van der Waals surface area contributed by atoms with E-state index in [9.17, 15) is 14.2 Å². The van der Waals surface area contributed by atoms with E-state index < -0.39 is 7.80 Å². The first-order valence-electron chi connectivity index (χ1n) is 12.1. The van der Waals surface area contributed by atoms with Crippen molar-refractivity contribution in [2.24, 2.45) is 0 Å². The topological polar surface area (TPSA) is 51.2 Å². The van der Waals surface area contributed by atoms with Crippen LogP contribution in [-0.2, 0) is 4.57 Å². The molecule has 0 aliphatic carbocycles. The average molecular weight is 495 g/mol. The van der Waals surface area contributed by atoms with Crippen LogP contribution in [-0.4, -0.2) is 11.6 Å². The Morgan fingerprint density at radius 3 is 1.53 bits per heavy atom. The number of carbonyl (C=O) groups excluding carboxylic acids is 2. The van der Waals surface area contributed by atoms with Gasteiger partial charge in [-0.3, -0.25) is 9.59 Å². The maximum Gasteiger partial charge on any atom is 0.195 e. The zero-order valence-corrected chi connectivity index (χ0v) is 22.7. The molecule has 1 unspecified atom stereocenters. The van der Waals surface area contributed by atoms with Crippen LogP contribution in [0.25, 0.3) is 0 Å². The van der Waals surface area contributed by atoms with Crippen LogP contribution in [0.1, 0.15) is 65.2 Å². The van der Waals surface area contributed by atoms with Gasteiger partial charge in [0.05, 0.1) is 0 Å². The highest BCUT2D eigenvalue weighted by Gasteiger charge is 2.28. The molecule has 0 saturated carbocycles. The van der Waals surface area contributed by atoms with E-state index in [0.717, 1.165) is 33.4 Å². The molecule has 0 fully saturated rings. The standard InChI is InChI=1S/C32H31O3P/c1-19-15-21(3)28(22(4)16-19)31(33)26-13-10-14-27(36(35)25-11-8-7-9-12-25)30(26)32(34)29-23(5)17-20(2)18-24(29)6/h7-18,36H,1-6H3. The van der Waals surface area contributed by atoms with Gasteiger partial charge in [-0.25, -0.2) is 0 Å². The molecule has 4 rings (SSSR count). The smallest absolute Gasteiger partial charge is 0.195 e. The number of benzene rings is 4. The summed E-state index contributed by atoms with van der Waals surface area (Å²) in [6.07, 6.45) is 0. The van der Waals surface area contributed by atoms with Gasteiger partial charge in [0.1, 0.15) is 7.80 Å². The van der Waals surface area contributed by atoms with Crippen LogP contribution in [0.4, 0.5) is 0 Å². The van der Waals surface area contributed by atoms with Gasteiger partial charge in [-0.1, -0.05) is 83.9 Å². The molecule has 4 heteroatoms. The van der Waals surface area contributed by atoms with Crippen molar-refractivity contribution in [1.82, 2.24) is 0 Å². The predicted molar refractivity (Wildman–Crippen MR) is 149 cm³/mol. The van der Waals surface area contributed by atoms with Crippen molar-refractivity contribution in [3.63, 3.8) is 0 Å². The van der Waals surface area contributed by atoms with Crippen molar-refractivity contribution in [2.75, 3.05) is 0 Å². The summed E-state index contributed by atoms with van der Waals surface area (Å²) in [6.45, 7) is 11.6. The molecule has 182 valence electrons.